The molecule has 1 saturated heterocycles. The normalized spacial score (nSPS) is 21.5. The lowest BCUT2D eigenvalue weighted by Crippen LogP contribution is -2.46. The first-order chi connectivity index (χ1) is 27.8. The number of aliphatic hydroxyl groups excluding tert-OH is 4. The van der Waals surface area contributed by atoms with Crippen LogP contribution in [0.2, 0.25) is 0 Å². The number of phosphoric acid groups is 3. The van der Waals surface area contributed by atoms with Gasteiger partial charge in [0.05, 0.1) is 25.6 Å². The Bertz CT molecular complexity index is 1950. The predicted molar refractivity (Wildman–Crippen MR) is 204 cm³/mol. The number of aliphatic hydroxyl groups is 4. The quantitative estimate of drug-likeness (QED) is 0.0364. The van der Waals surface area contributed by atoms with Gasteiger partial charge in [-0.25, -0.2) is 28.6 Å². The minimum absolute atomic E-state index is 0.0165. The number of amides is 2. The highest BCUT2D eigenvalue weighted by molar-refractivity contribution is 8.13. The van der Waals surface area contributed by atoms with Gasteiger partial charge in [0, 0.05) is 56.5 Å². The van der Waals surface area contributed by atoms with Crippen molar-refractivity contribution in [3.8, 4) is 0 Å². The molecule has 340 valence electrons. The molecule has 1 aliphatic heterocycles. The Hall–Kier alpha value is -2.85. The first-order valence-electron chi connectivity index (χ1n) is 17.7. The van der Waals surface area contributed by atoms with E-state index in [1.54, 1.807) is 0 Å². The maximum atomic E-state index is 12.7. The van der Waals surface area contributed by atoms with Gasteiger partial charge in [-0.2, -0.15) is 4.31 Å². The number of imidazole rings is 1. The van der Waals surface area contributed by atoms with E-state index in [4.69, 9.17) is 24.6 Å². The van der Waals surface area contributed by atoms with Crippen molar-refractivity contribution < 1.29 is 95.5 Å². The number of phosphoric ester groups is 3. The second-order valence-corrected chi connectivity index (χ2v) is 19.1. The third-order valence-electron chi connectivity index (χ3n) is 8.24. The van der Waals surface area contributed by atoms with Crippen LogP contribution >= 0.6 is 35.2 Å². The third kappa shape index (κ3) is 16.4. The summed E-state index contributed by atoms with van der Waals surface area (Å²) in [6, 6.07) is 0. The molecule has 60 heavy (non-hydrogen) atoms. The molecule has 1 fully saturated rings. The number of aromatic nitrogens is 4. The van der Waals surface area contributed by atoms with Crippen molar-refractivity contribution in [1.82, 2.24) is 30.2 Å². The number of nitrogens with zero attached hydrogens (tertiary/aromatic N) is 4. The number of carbonyl (C=O) groups excluding carboxylic acids is 4. The number of thioether (sulfide) groups is 1. The molecule has 0 bridgehead atoms. The maximum absolute atomic E-state index is 12.7. The summed E-state index contributed by atoms with van der Waals surface area (Å²) in [5.74, 6) is -1.75. The Morgan fingerprint density at radius 3 is 2.35 bits per heavy atom. The van der Waals surface area contributed by atoms with Crippen molar-refractivity contribution >= 4 is 74.9 Å². The van der Waals surface area contributed by atoms with Gasteiger partial charge in [-0.15, -0.1) is 0 Å². The number of nitrogen functional groups attached to an aromatic ring is 1. The van der Waals surface area contributed by atoms with Gasteiger partial charge in [0.25, 0.3) is 0 Å². The summed E-state index contributed by atoms with van der Waals surface area (Å²) >= 11 is 0.832. The number of ether oxygens (including phenoxy) is 1. The SMILES string of the molecule is CC(C)(COP(=O)(O)OP(=O)(O)OC[C@H]1O[C@@H](n2cnc3c(N)ncnc32)[C@H](O)[C@@H]1OP(=O)(O)O)[C@@H](O)C(=O)NCCC(=O)NCCSC(=O)CC(O)CC(=O)CCCO. The van der Waals surface area contributed by atoms with Crippen LogP contribution in [-0.2, 0) is 55.5 Å². The molecule has 12 N–H and O–H groups in total. The molecular formula is C29H48N7O20P3S. The maximum Gasteiger partial charge on any atom is 0.481 e. The average Bonchev–Trinajstić information content (AvgIpc) is 3.70. The molecule has 31 heteroatoms. The van der Waals surface area contributed by atoms with Crippen molar-refractivity contribution in [2.24, 2.45) is 5.41 Å². The zero-order chi connectivity index (χ0) is 45.1. The Balaban J connectivity index is 1.43. The summed E-state index contributed by atoms with van der Waals surface area (Å²) in [5.41, 5.74) is 4.19. The number of rotatable bonds is 26. The Morgan fingerprint density at radius 1 is 1.00 bits per heavy atom. The smallest absolute Gasteiger partial charge is 0.396 e. The lowest BCUT2D eigenvalue weighted by atomic mass is 9.87. The standard InChI is InChI=1S/C29H48N7O20P3S/c1-29(2,24(43)27(44)32-6-5-19(40)31-7-9-60-20(41)11-17(39)10-16(38)4-3-8-37)13-53-59(50,51)56-58(48,49)52-12-18-23(55-57(45,46)47)22(42)28(54-18)36-15-35-21-25(30)33-14-34-26(21)36/h14-15,17-18,22-24,28,37,39,42-43H,3-13H2,1-2H3,(H,31,40)(H,32,44)(H,48,49)(H,50,51)(H2,30,33,34)(H2,45,46,47)/t17?,18-,22-,23-,24+,28-/m1/s1. The van der Waals surface area contributed by atoms with Crippen LogP contribution in [0.3, 0.4) is 0 Å². The van der Waals surface area contributed by atoms with E-state index in [0.29, 0.717) is 0 Å². The molecule has 0 spiro atoms. The predicted octanol–water partition coefficient (Wildman–Crippen LogP) is -1.85. The van der Waals surface area contributed by atoms with Gasteiger partial charge >= 0.3 is 23.5 Å². The van der Waals surface area contributed by atoms with Crippen molar-refractivity contribution in [3.63, 3.8) is 0 Å². The molecule has 3 rings (SSSR count). The zero-order valence-electron chi connectivity index (χ0n) is 32.0. The number of fused-ring (bicyclic) bond motifs is 1. The van der Waals surface area contributed by atoms with Gasteiger partial charge < -0.3 is 61.1 Å². The van der Waals surface area contributed by atoms with Crippen molar-refractivity contribution in [3.05, 3.63) is 12.7 Å². The van der Waals surface area contributed by atoms with Gasteiger partial charge in [0.2, 0.25) is 11.8 Å². The Labute approximate surface area is 345 Å². The summed E-state index contributed by atoms with van der Waals surface area (Å²) in [4.78, 5) is 99.3. The van der Waals surface area contributed by atoms with Crippen LogP contribution in [0.25, 0.3) is 11.2 Å². The number of anilines is 1. The fourth-order valence-corrected chi connectivity index (χ4v) is 8.83. The van der Waals surface area contributed by atoms with Crippen molar-refractivity contribution in [1.29, 1.82) is 0 Å². The van der Waals surface area contributed by atoms with Crippen LogP contribution in [-0.4, -0.2) is 151 Å². The van der Waals surface area contributed by atoms with Crippen LogP contribution in [0.5, 0.6) is 0 Å². The first-order valence-corrected chi connectivity index (χ1v) is 23.2. The molecule has 3 unspecified atom stereocenters. The number of nitrogens with one attached hydrogen (secondary N) is 2. The highest BCUT2D eigenvalue weighted by atomic mass is 32.2. The van der Waals surface area contributed by atoms with E-state index in [2.05, 4.69) is 34.4 Å². The van der Waals surface area contributed by atoms with Gasteiger partial charge in [-0.1, -0.05) is 25.6 Å². The van der Waals surface area contributed by atoms with Crippen LogP contribution in [0.4, 0.5) is 5.82 Å². The number of ketones is 1. The fourth-order valence-electron chi connectivity index (χ4n) is 5.26. The van der Waals surface area contributed by atoms with Crippen molar-refractivity contribution in [2.75, 3.05) is 44.4 Å². The van der Waals surface area contributed by atoms with E-state index in [-0.39, 0.29) is 80.3 Å². The largest absolute Gasteiger partial charge is 0.481 e. The molecule has 0 saturated carbocycles. The molecule has 2 aromatic rings. The monoisotopic (exact) mass is 939 g/mol. The van der Waals surface area contributed by atoms with Gasteiger partial charge in [-0.05, 0) is 6.42 Å². The molecule has 1 aliphatic rings. The molecule has 8 atom stereocenters. The van der Waals surface area contributed by atoms with Crippen molar-refractivity contribution in [2.45, 2.75) is 82.7 Å². The molecule has 3 heterocycles. The number of nitrogens with two attached hydrogens (primary N) is 1. The molecule has 0 radical (unpaired) electrons. The van der Waals surface area contributed by atoms with Crippen LogP contribution in [0.1, 0.15) is 52.2 Å². The zero-order valence-corrected chi connectivity index (χ0v) is 35.5. The molecule has 0 aromatic carbocycles. The summed E-state index contributed by atoms with van der Waals surface area (Å²) < 4.78 is 62.1. The van der Waals surface area contributed by atoms with E-state index in [0.717, 1.165) is 29.0 Å². The molecule has 2 aromatic heterocycles. The average molecular weight is 940 g/mol. The van der Waals surface area contributed by atoms with Gasteiger partial charge in [0.1, 0.15) is 42.0 Å². The fraction of sp³-hybridized carbons (Fsp3) is 0.690. The molecule has 0 aliphatic carbocycles. The number of Topliss-reactive ketones (excluding diaryl/α,β-unsaturated/α-hetero) is 1. The van der Waals surface area contributed by atoms with Gasteiger partial charge in [-0.3, -0.25) is 37.3 Å². The lowest BCUT2D eigenvalue weighted by molar-refractivity contribution is -0.137. The summed E-state index contributed by atoms with van der Waals surface area (Å²) in [7, 11) is -16.5. The topological polar surface area (TPSA) is 421 Å². The Kier molecular flexibility index (Phi) is 19.3. The molecule has 2 amide bonds. The Morgan fingerprint density at radius 2 is 1.68 bits per heavy atom. The summed E-state index contributed by atoms with van der Waals surface area (Å²) in [6.07, 6.45) is -8.44. The lowest BCUT2D eigenvalue weighted by Gasteiger charge is -2.30. The van der Waals surface area contributed by atoms with Crippen LogP contribution in [0.15, 0.2) is 12.7 Å². The molecular weight excluding hydrogens is 891 g/mol. The number of hydrogen-bond acceptors (Lipinski definition) is 21. The highest BCUT2D eigenvalue weighted by Crippen LogP contribution is 2.61. The van der Waals surface area contributed by atoms with E-state index in [9.17, 15) is 67.8 Å². The third-order valence-corrected chi connectivity index (χ3v) is 12.2. The van der Waals surface area contributed by atoms with Crippen LogP contribution in [0, 0.1) is 5.41 Å². The summed E-state index contributed by atoms with van der Waals surface area (Å²) in [6.45, 7) is -0.0160. The van der Waals surface area contributed by atoms with E-state index in [1.165, 1.54) is 13.8 Å². The minimum Gasteiger partial charge on any atom is -0.396 e. The van der Waals surface area contributed by atoms with Gasteiger partial charge in [0.15, 0.2) is 22.8 Å². The van der Waals surface area contributed by atoms with E-state index >= 15 is 0 Å². The minimum atomic E-state index is -5.60. The second kappa shape index (κ2) is 22.5. The highest BCUT2D eigenvalue weighted by Gasteiger charge is 2.50. The number of carbonyl (C=O) groups is 4. The first kappa shape index (κ1) is 51.5. The van der Waals surface area contributed by atoms with E-state index < -0.39 is 95.8 Å². The number of hydrogen-bond donors (Lipinski definition) is 11. The van der Waals surface area contributed by atoms with Crippen LogP contribution < -0.4 is 16.4 Å². The second-order valence-electron chi connectivity index (χ2n) is 13.7. The summed E-state index contributed by atoms with van der Waals surface area (Å²) in [5, 5.41) is 44.5. The van der Waals surface area contributed by atoms with E-state index in [1.807, 2.05) is 0 Å². The molecule has 27 nitrogen and oxygen atoms in total.